The second-order valence-corrected chi connectivity index (χ2v) is 5.55. The topological polar surface area (TPSA) is 46.5 Å². The molecule has 0 saturated carbocycles. The Morgan fingerprint density at radius 2 is 1.03 bits per heavy atom. The van der Waals surface area contributed by atoms with Crippen molar-refractivity contribution in [3.63, 3.8) is 0 Å². The zero-order chi connectivity index (χ0) is 24.8. The highest BCUT2D eigenvalue weighted by Crippen LogP contribution is 2.62. The van der Waals surface area contributed by atoms with E-state index in [4.69, 9.17) is 5.11 Å². The van der Waals surface area contributed by atoms with E-state index < -0.39 is 66.8 Å². The number of carbonyl (C=O) groups excluding carboxylic acids is 1. The number of ether oxygens (including phenoxy) is 1. The summed E-state index contributed by atoms with van der Waals surface area (Å²) >= 11 is 0. The van der Waals surface area contributed by atoms with Crippen LogP contribution in [0.4, 0.5) is 65.9 Å². The summed E-state index contributed by atoms with van der Waals surface area (Å²) in [5.74, 6) is -49.8. The molecule has 0 radical (unpaired) electrons. The Morgan fingerprint density at radius 1 is 0.700 bits per heavy atom. The fraction of sp³-hybridized carbons (Fsp3) is 0.917. The number of aliphatic hydroxyl groups is 1. The molecule has 0 rings (SSSR count). The molecule has 1 N–H and O–H groups in total. The predicted octanol–water partition coefficient (Wildman–Crippen LogP) is 4.67. The summed E-state index contributed by atoms with van der Waals surface area (Å²) in [7, 11) is 0. The van der Waals surface area contributed by atoms with Crippen LogP contribution in [0.3, 0.4) is 0 Å². The van der Waals surface area contributed by atoms with E-state index in [1.54, 1.807) is 0 Å². The quantitative estimate of drug-likeness (QED) is 0.381. The Morgan fingerprint density at radius 3 is 1.37 bits per heavy atom. The first-order chi connectivity index (χ1) is 12.9. The summed E-state index contributed by atoms with van der Waals surface area (Å²) in [6.45, 7) is 0.264. The van der Waals surface area contributed by atoms with Crippen LogP contribution in [0.1, 0.15) is 13.3 Å². The molecule has 0 bridgehead atoms. The summed E-state index contributed by atoms with van der Waals surface area (Å²) in [5, 5.41) is 8.87. The Balaban J connectivity index is 6.32. The molecule has 180 valence electrons. The molecule has 0 aliphatic carbocycles. The number of hydrogen-bond donors (Lipinski definition) is 1. The molecule has 0 spiro atoms. The summed E-state index contributed by atoms with van der Waals surface area (Å²) in [4.78, 5) is 10.9. The molecule has 0 aromatic heterocycles. The van der Waals surface area contributed by atoms with Crippen molar-refractivity contribution in [2.24, 2.45) is 0 Å². The van der Waals surface area contributed by atoms with E-state index in [0.29, 0.717) is 0 Å². The number of alkyl halides is 15. The molecule has 0 amide bonds. The second kappa shape index (κ2) is 7.81. The van der Waals surface area contributed by atoms with Crippen molar-refractivity contribution < 1.29 is 80.5 Å². The van der Waals surface area contributed by atoms with Gasteiger partial charge in [-0.25, -0.2) is 4.79 Å². The highest BCUT2D eigenvalue weighted by molar-refractivity contribution is 5.74. The molecule has 18 heteroatoms. The van der Waals surface area contributed by atoms with Gasteiger partial charge in [-0.2, -0.15) is 65.9 Å². The molecule has 0 aromatic carbocycles. The maximum atomic E-state index is 13.4. The van der Waals surface area contributed by atoms with Crippen LogP contribution in [-0.2, 0) is 9.53 Å². The van der Waals surface area contributed by atoms with Crippen LogP contribution in [0.5, 0.6) is 0 Å². The van der Waals surface area contributed by atoms with Gasteiger partial charge in [0, 0.05) is 0 Å². The third-order valence-corrected chi connectivity index (χ3v) is 3.40. The summed E-state index contributed by atoms with van der Waals surface area (Å²) in [6.07, 6.45) is -14.3. The lowest BCUT2D eigenvalue weighted by Crippen LogP contribution is -2.72. The average molecular weight is 486 g/mol. The monoisotopic (exact) mass is 486 g/mol. The van der Waals surface area contributed by atoms with E-state index >= 15 is 0 Å². The van der Waals surface area contributed by atoms with Crippen molar-refractivity contribution in [1.82, 2.24) is 0 Å². The van der Waals surface area contributed by atoms with Crippen molar-refractivity contribution in [2.45, 2.75) is 61.2 Å². The zero-order valence-corrected chi connectivity index (χ0v) is 13.9. The first-order valence-electron chi connectivity index (χ1n) is 7.05. The van der Waals surface area contributed by atoms with E-state index in [9.17, 15) is 70.7 Å². The lowest BCUT2D eigenvalue weighted by atomic mass is 9.89. The molecule has 0 heterocycles. The van der Waals surface area contributed by atoms with Gasteiger partial charge in [0.15, 0.2) is 6.10 Å². The molecule has 3 nitrogen and oxygen atoms in total. The molecule has 0 aliphatic heterocycles. The SMILES string of the molecule is CCOC(=O)C(O)CC(F)(F)C(F)(F)C(F)(F)C(F)(F)C(F)(F)C(F)(F)C(F)(F)F. The minimum atomic E-state index is -8.42. The third kappa shape index (κ3) is 4.10. The van der Waals surface area contributed by atoms with Gasteiger partial charge < -0.3 is 9.84 Å². The fourth-order valence-corrected chi connectivity index (χ4v) is 1.69. The van der Waals surface area contributed by atoms with Gasteiger partial charge in [-0.1, -0.05) is 0 Å². The van der Waals surface area contributed by atoms with E-state index in [2.05, 4.69) is 4.74 Å². The van der Waals surface area contributed by atoms with E-state index in [1.165, 1.54) is 0 Å². The molecule has 30 heavy (non-hydrogen) atoms. The van der Waals surface area contributed by atoms with Gasteiger partial charge in [0.2, 0.25) is 0 Å². The number of halogens is 15. The Kier molecular flexibility index (Phi) is 7.39. The molecule has 0 aromatic rings. The summed E-state index contributed by atoms with van der Waals surface area (Å²) in [5.41, 5.74) is 0. The zero-order valence-electron chi connectivity index (χ0n) is 13.9. The molecular weight excluding hydrogens is 477 g/mol. The lowest BCUT2D eigenvalue weighted by molar-refractivity contribution is -0.453. The van der Waals surface area contributed by atoms with Gasteiger partial charge in [-0.05, 0) is 6.92 Å². The number of esters is 1. The second-order valence-electron chi connectivity index (χ2n) is 5.55. The molecule has 0 aliphatic rings. The normalized spacial score (nSPS) is 16.4. The van der Waals surface area contributed by atoms with Gasteiger partial charge in [-0.15, -0.1) is 0 Å². The highest BCUT2D eigenvalue weighted by atomic mass is 19.4. The number of hydrogen-bond acceptors (Lipinski definition) is 3. The standard InChI is InChI=1S/C12H9F15O3/c1-2-30-5(29)4(28)3-6(13,14)7(15,16)8(17,18)9(19,20)10(21,22)11(23,24)12(25,26)27/h4,28H,2-3H2,1H3. The molecule has 1 atom stereocenters. The maximum Gasteiger partial charge on any atom is 0.460 e. The summed E-state index contributed by atoms with van der Waals surface area (Å²) in [6, 6.07) is 0. The predicted molar refractivity (Wildman–Crippen MR) is 63.0 cm³/mol. The maximum absolute atomic E-state index is 13.4. The first-order valence-corrected chi connectivity index (χ1v) is 7.05. The largest absolute Gasteiger partial charge is 0.464 e. The van der Waals surface area contributed by atoms with E-state index in [0.717, 1.165) is 6.92 Å². The molecule has 1 unspecified atom stereocenters. The van der Waals surface area contributed by atoms with E-state index in [1.807, 2.05) is 0 Å². The van der Waals surface area contributed by atoms with Gasteiger partial charge >= 0.3 is 47.7 Å². The Bertz CT molecular complexity index is 625. The van der Waals surface area contributed by atoms with Crippen LogP contribution in [0.2, 0.25) is 0 Å². The van der Waals surface area contributed by atoms with Crippen LogP contribution < -0.4 is 0 Å². The Labute approximate surface area is 155 Å². The van der Waals surface area contributed by atoms with Crippen LogP contribution >= 0.6 is 0 Å². The smallest absolute Gasteiger partial charge is 0.460 e. The van der Waals surface area contributed by atoms with Crippen LogP contribution in [0, 0.1) is 0 Å². The third-order valence-electron chi connectivity index (χ3n) is 3.40. The molecule has 0 fully saturated rings. The average Bonchev–Trinajstić information content (AvgIpc) is 2.52. The Hall–Kier alpha value is -1.62. The van der Waals surface area contributed by atoms with Crippen molar-refractivity contribution in [2.75, 3.05) is 6.61 Å². The van der Waals surface area contributed by atoms with Crippen LogP contribution in [-0.4, -0.2) is 65.5 Å². The van der Waals surface area contributed by atoms with Crippen LogP contribution in [0.25, 0.3) is 0 Å². The van der Waals surface area contributed by atoms with Crippen molar-refractivity contribution in [1.29, 1.82) is 0 Å². The summed E-state index contributed by atoms with van der Waals surface area (Å²) < 4.78 is 197. The fourth-order valence-electron chi connectivity index (χ4n) is 1.69. The molecular formula is C12H9F15O3. The van der Waals surface area contributed by atoms with E-state index in [-0.39, 0.29) is 0 Å². The van der Waals surface area contributed by atoms with Gasteiger partial charge in [0.25, 0.3) is 0 Å². The minimum Gasteiger partial charge on any atom is -0.464 e. The lowest BCUT2D eigenvalue weighted by Gasteiger charge is -2.41. The van der Waals surface area contributed by atoms with Gasteiger partial charge in [-0.3, -0.25) is 0 Å². The van der Waals surface area contributed by atoms with Gasteiger partial charge in [0.05, 0.1) is 13.0 Å². The van der Waals surface area contributed by atoms with Crippen LogP contribution in [0.15, 0.2) is 0 Å². The van der Waals surface area contributed by atoms with Gasteiger partial charge in [0.1, 0.15) is 0 Å². The van der Waals surface area contributed by atoms with Crippen molar-refractivity contribution >= 4 is 5.97 Å². The van der Waals surface area contributed by atoms with Crippen molar-refractivity contribution in [3.8, 4) is 0 Å². The number of rotatable bonds is 9. The highest BCUT2D eigenvalue weighted by Gasteiger charge is 2.93. The first kappa shape index (κ1) is 28.4. The van der Waals surface area contributed by atoms with Crippen molar-refractivity contribution in [3.05, 3.63) is 0 Å². The number of carbonyl (C=O) groups is 1. The molecule has 0 saturated heterocycles. The number of aliphatic hydroxyl groups excluding tert-OH is 1. The minimum absolute atomic E-state index is 0.704.